The lowest BCUT2D eigenvalue weighted by Gasteiger charge is -2.07. The van der Waals surface area contributed by atoms with E-state index in [1.54, 1.807) is 10.8 Å². The Morgan fingerprint density at radius 1 is 1.18 bits per heavy atom. The predicted molar refractivity (Wildman–Crippen MR) is 110 cm³/mol. The number of ketones is 1. The van der Waals surface area contributed by atoms with Crippen LogP contribution in [0.3, 0.4) is 0 Å². The Bertz CT molecular complexity index is 992. The number of carbonyl (C=O) groups is 1. The Balaban J connectivity index is 1.60. The van der Waals surface area contributed by atoms with Crippen molar-refractivity contribution in [2.45, 2.75) is 40.2 Å². The summed E-state index contributed by atoms with van der Waals surface area (Å²) >= 11 is 0. The van der Waals surface area contributed by atoms with E-state index in [-0.39, 0.29) is 5.78 Å². The molecule has 2 aromatic heterocycles. The van der Waals surface area contributed by atoms with E-state index in [0.29, 0.717) is 29.6 Å². The molecule has 0 radical (unpaired) electrons. The lowest BCUT2D eigenvalue weighted by Crippen LogP contribution is -1.99. The van der Waals surface area contributed by atoms with Crippen molar-refractivity contribution in [3.05, 3.63) is 76.5 Å². The summed E-state index contributed by atoms with van der Waals surface area (Å²) in [4.78, 5) is 12.5. The van der Waals surface area contributed by atoms with E-state index in [4.69, 9.17) is 9.15 Å². The van der Waals surface area contributed by atoms with E-state index in [9.17, 15) is 4.79 Å². The summed E-state index contributed by atoms with van der Waals surface area (Å²) in [6, 6.07) is 11.8. The molecule has 3 aromatic rings. The van der Waals surface area contributed by atoms with Crippen LogP contribution in [0, 0.1) is 13.8 Å². The van der Waals surface area contributed by atoms with Gasteiger partial charge in [-0.2, -0.15) is 5.10 Å². The van der Waals surface area contributed by atoms with E-state index in [1.165, 1.54) is 11.6 Å². The average molecular weight is 378 g/mol. The monoisotopic (exact) mass is 378 g/mol. The van der Waals surface area contributed by atoms with Gasteiger partial charge in [-0.25, -0.2) is 0 Å². The highest BCUT2D eigenvalue weighted by molar-refractivity contribution is 6.08. The molecular weight excluding hydrogens is 352 g/mol. The first-order valence-electron chi connectivity index (χ1n) is 9.39. The minimum atomic E-state index is -0.0810. The summed E-state index contributed by atoms with van der Waals surface area (Å²) in [7, 11) is 1.83. The van der Waals surface area contributed by atoms with E-state index in [2.05, 4.69) is 31.1 Å². The van der Waals surface area contributed by atoms with E-state index >= 15 is 0 Å². The van der Waals surface area contributed by atoms with Crippen LogP contribution in [0.1, 0.15) is 58.6 Å². The zero-order chi connectivity index (χ0) is 20.3. The summed E-state index contributed by atoms with van der Waals surface area (Å²) < 4.78 is 13.2. The van der Waals surface area contributed by atoms with Gasteiger partial charge in [-0.15, -0.1) is 0 Å². The number of furan rings is 1. The van der Waals surface area contributed by atoms with Gasteiger partial charge >= 0.3 is 0 Å². The Hall–Kier alpha value is -3.08. The maximum absolute atomic E-state index is 12.5. The molecule has 0 amide bonds. The Morgan fingerprint density at radius 3 is 2.50 bits per heavy atom. The van der Waals surface area contributed by atoms with Gasteiger partial charge in [0.1, 0.15) is 23.9 Å². The number of carbonyl (C=O) groups excluding carboxylic acids is 1. The van der Waals surface area contributed by atoms with Crippen LogP contribution in [0.15, 0.2) is 46.9 Å². The number of allylic oxidation sites excluding steroid dienone is 1. The summed E-state index contributed by atoms with van der Waals surface area (Å²) in [5.74, 6) is 2.53. The number of aryl methyl sites for hydroxylation is 2. The molecule has 2 heterocycles. The number of rotatable bonds is 7. The minimum absolute atomic E-state index is 0.0810. The third-order valence-electron chi connectivity index (χ3n) is 4.76. The highest BCUT2D eigenvalue weighted by atomic mass is 16.5. The first kappa shape index (κ1) is 19.7. The molecule has 28 heavy (non-hydrogen) atoms. The van der Waals surface area contributed by atoms with E-state index < -0.39 is 0 Å². The van der Waals surface area contributed by atoms with Crippen LogP contribution >= 0.6 is 0 Å². The van der Waals surface area contributed by atoms with Crippen LogP contribution in [0.2, 0.25) is 0 Å². The smallest absolute Gasteiger partial charge is 0.189 e. The molecule has 0 saturated heterocycles. The van der Waals surface area contributed by atoms with Gasteiger partial charge in [-0.1, -0.05) is 26.0 Å². The topological polar surface area (TPSA) is 57.3 Å². The van der Waals surface area contributed by atoms with E-state index in [0.717, 1.165) is 17.1 Å². The molecule has 0 fully saturated rings. The Kier molecular flexibility index (Phi) is 5.83. The molecule has 0 spiro atoms. The molecule has 0 saturated carbocycles. The summed E-state index contributed by atoms with van der Waals surface area (Å²) in [5, 5.41) is 4.28. The fourth-order valence-corrected chi connectivity index (χ4v) is 3.04. The molecule has 3 rings (SSSR count). The van der Waals surface area contributed by atoms with Crippen LogP contribution in [0.5, 0.6) is 5.75 Å². The third kappa shape index (κ3) is 4.42. The van der Waals surface area contributed by atoms with Crippen molar-refractivity contribution in [1.82, 2.24) is 9.78 Å². The van der Waals surface area contributed by atoms with Crippen molar-refractivity contribution >= 4 is 11.9 Å². The van der Waals surface area contributed by atoms with Crippen LogP contribution < -0.4 is 4.74 Å². The van der Waals surface area contributed by atoms with Crippen molar-refractivity contribution in [2.75, 3.05) is 0 Å². The first-order chi connectivity index (χ1) is 13.3. The normalized spacial score (nSPS) is 11.5. The first-order valence-corrected chi connectivity index (χ1v) is 9.39. The van der Waals surface area contributed by atoms with Crippen molar-refractivity contribution in [3.8, 4) is 5.75 Å². The standard InChI is InChI=1S/C23H26N2O3/c1-15(2)18-6-8-19(9-7-18)27-14-21-11-10-20(28-21)12-13-22(26)23-16(3)24-25(5)17(23)4/h6-13,15H,14H2,1-5H3/b13-12+. The zero-order valence-corrected chi connectivity index (χ0v) is 17.0. The second-order valence-electron chi connectivity index (χ2n) is 7.18. The van der Waals surface area contributed by atoms with Crippen LogP contribution in [-0.4, -0.2) is 15.6 Å². The lowest BCUT2D eigenvalue weighted by atomic mass is 10.0. The third-order valence-corrected chi connectivity index (χ3v) is 4.76. The van der Waals surface area contributed by atoms with Crippen LogP contribution in [0.25, 0.3) is 6.08 Å². The molecule has 1 aromatic carbocycles. The average Bonchev–Trinajstić information content (AvgIpc) is 3.22. The van der Waals surface area contributed by atoms with Gasteiger partial charge in [0.25, 0.3) is 0 Å². The van der Waals surface area contributed by atoms with Gasteiger partial charge in [0, 0.05) is 12.7 Å². The molecule has 0 aliphatic rings. The maximum atomic E-state index is 12.5. The Labute approximate surface area is 165 Å². The SMILES string of the molecule is Cc1nn(C)c(C)c1C(=O)/C=C/c1ccc(COc2ccc(C(C)C)cc2)o1. The second-order valence-corrected chi connectivity index (χ2v) is 7.18. The molecular formula is C23H26N2O3. The van der Waals surface area contributed by atoms with Crippen molar-refractivity contribution in [3.63, 3.8) is 0 Å². The number of aromatic nitrogens is 2. The highest BCUT2D eigenvalue weighted by Gasteiger charge is 2.15. The number of nitrogens with zero attached hydrogens (tertiary/aromatic N) is 2. The largest absolute Gasteiger partial charge is 0.486 e. The maximum Gasteiger partial charge on any atom is 0.189 e. The van der Waals surface area contributed by atoms with Gasteiger partial charge < -0.3 is 9.15 Å². The molecule has 5 nitrogen and oxygen atoms in total. The minimum Gasteiger partial charge on any atom is -0.486 e. The fourth-order valence-electron chi connectivity index (χ4n) is 3.04. The van der Waals surface area contributed by atoms with E-state index in [1.807, 2.05) is 45.2 Å². The molecule has 0 atom stereocenters. The quantitative estimate of drug-likeness (QED) is 0.417. The van der Waals surface area contributed by atoms with Gasteiger partial charge in [0.05, 0.1) is 11.3 Å². The summed E-state index contributed by atoms with van der Waals surface area (Å²) in [6.07, 6.45) is 3.19. The molecule has 0 N–H and O–H groups in total. The zero-order valence-electron chi connectivity index (χ0n) is 17.0. The lowest BCUT2D eigenvalue weighted by molar-refractivity contribution is 0.104. The molecule has 5 heteroatoms. The number of hydrogen-bond donors (Lipinski definition) is 0. The number of benzene rings is 1. The van der Waals surface area contributed by atoms with Gasteiger partial charge in [-0.3, -0.25) is 9.48 Å². The fraction of sp³-hybridized carbons (Fsp3) is 0.304. The van der Waals surface area contributed by atoms with Gasteiger partial charge in [0.15, 0.2) is 5.78 Å². The highest BCUT2D eigenvalue weighted by Crippen LogP contribution is 2.20. The van der Waals surface area contributed by atoms with Crippen LogP contribution in [0.4, 0.5) is 0 Å². The number of ether oxygens (including phenoxy) is 1. The molecule has 0 aliphatic heterocycles. The van der Waals surface area contributed by atoms with Gasteiger partial charge in [-0.05, 0) is 61.7 Å². The van der Waals surface area contributed by atoms with Crippen molar-refractivity contribution in [2.24, 2.45) is 7.05 Å². The predicted octanol–water partition coefficient (Wildman–Crippen LogP) is 5.23. The summed E-state index contributed by atoms with van der Waals surface area (Å²) in [6.45, 7) is 8.38. The van der Waals surface area contributed by atoms with Gasteiger partial charge in [0.2, 0.25) is 0 Å². The van der Waals surface area contributed by atoms with Crippen molar-refractivity contribution in [1.29, 1.82) is 0 Å². The molecule has 0 aliphatic carbocycles. The van der Waals surface area contributed by atoms with Crippen molar-refractivity contribution < 1.29 is 13.9 Å². The second kappa shape index (κ2) is 8.30. The molecule has 0 bridgehead atoms. The number of hydrogen-bond acceptors (Lipinski definition) is 4. The Morgan fingerprint density at radius 2 is 1.89 bits per heavy atom. The van der Waals surface area contributed by atoms with Crippen LogP contribution in [-0.2, 0) is 13.7 Å². The molecule has 0 unspecified atom stereocenters. The summed E-state index contributed by atoms with van der Waals surface area (Å²) in [5.41, 5.74) is 3.50. The molecule has 146 valence electrons.